The fourth-order valence-electron chi connectivity index (χ4n) is 4.18. The standard InChI is InChI=1S/C23H27FN4O/c1-17-7-6-13-28-21(16-26-23(17)28)19(18-8-2-3-9-20(18)24)15-22(29)25-10-14-27-11-4-5-12-27/h2-3,6-9,13,16,19H,4-5,10-12,14-15H2,1H3,(H,25,29). The Balaban J connectivity index is 1.56. The zero-order valence-corrected chi connectivity index (χ0v) is 16.8. The van der Waals surface area contributed by atoms with Gasteiger partial charge in [0.1, 0.15) is 11.5 Å². The summed E-state index contributed by atoms with van der Waals surface area (Å²) in [6, 6.07) is 10.6. The lowest BCUT2D eigenvalue weighted by Crippen LogP contribution is -2.34. The van der Waals surface area contributed by atoms with Crippen LogP contribution in [-0.4, -0.2) is 46.4 Å². The number of likely N-dealkylation sites (tertiary alicyclic amines) is 1. The van der Waals surface area contributed by atoms with Gasteiger partial charge >= 0.3 is 0 Å². The van der Waals surface area contributed by atoms with Gasteiger partial charge in [-0.25, -0.2) is 9.37 Å². The predicted molar refractivity (Wildman–Crippen MR) is 111 cm³/mol. The molecule has 0 bridgehead atoms. The molecule has 29 heavy (non-hydrogen) atoms. The summed E-state index contributed by atoms with van der Waals surface area (Å²) >= 11 is 0. The second-order valence-corrected chi connectivity index (χ2v) is 7.74. The van der Waals surface area contributed by atoms with Crippen LogP contribution < -0.4 is 5.32 Å². The van der Waals surface area contributed by atoms with Crippen LogP contribution in [0.4, 0.5) is 4.39 Å². The van der Waals surface area contributed by atoms with Crippen molar-refractivity contribution < 1.29 is 9.18 Å². The molecule has 6 heteroatoms. The Labute approximate surface area is 170 Å². The molecule has 4 rings (SSSR count). The Morgan fingerprint density at radius 2 is 2.00 bits per heavy atom. The number of amides is 1. The topological polar surface area (TPSA) is 49.6 Å². The number of fused-ring (bicyclic) bond motifs is 1. The quantitative estimate of drug-likeness (QED) is 0.667. The van der Waals surface area contributed by atoms with Crippen LogP contribution in [0.15, 0.2) is 48.8 Å². The van der Waals surface area contributed by atoms with Gasteiger partial charge in [-0.3, -0.25) is 4.79 Å². The minimum absolute atomic E-state index is 0.0694. The zero-order chi connectivity index (χ0) is 20.2. The van der Waals surface area contributed by atoms with Crippen LogP contribution in [0.5, 0.6) is 0 Å². The number of aryl methyl sites for hydroxylation is 1. The summed E-state index contributed by atoms with van der Waals surface area (Å²) in [5.74, 6) is -0.773. The zero-order valence-electron chi connectivity index (χ0n) is 16.8. The fourth-order valence-corrected chi connectivity index (χ4v) is 4.18. The second kappa shape index (κ2) is 8.74. The highest BCUT2D eigenvalue weighted by molar-refractivity contribution is 5.77. The summed E-state index contributed by atoms with van der Waals surface area (Å²) in [4.78, 5) is 19.6. The van der Waals surface area contributed by atoms with Gasteiger partial charge in [0.25, 0.3) is 0 Å². The Kier molecular flexibility index (Phi) is 5.90. The monoisotopic (exact) mass is 394 g/mol. The van der Waals surface area contributed by atoms with Crippen molar-refractivity contribution in [1.29, 1.82) is 0 Å². The second-order valence-electron chi connectivity index (χ2n) is 7.74. The molecule has 1 atom stereocenters. The van der Waals surface area contributed by atoms with Crippen molar-refractivity contribution in [3.63, 3.8) is 0 Å². The van der Waals surface area contributed by atoms with Gasteiger partial charge in [0.15, 0.2) is 0 Å². The molecule has 0 aliphatic carbocycles. The van der Waals surface area contributed by atoms with E-state index in [0.29, 0.717) is 12.1 Å². The summed E-state index contributed by atoms with van der Waals surface area (Å²) in [5.41, 5.74) is 3.22. The largest absolute Gasteiger partial charge is 0.355 e. The van der Waals surface area contributed by atoms with Crippen LogP contribution in [0.2, 0.25) is 0 Å². The van der Waals surface area contributed by atoms with Gasteiger partial charge < -0.3 is 14.6 Å². The van der Waals surface area contributed by atoms with E-state index < -0.39 is 5.92 Å². The molecule has 5 nitrogen and oxygen atoms in total. The number of halogens is 1. The Morgan fingerprint density at radius 1 is 1.21 bits per heavy atom. The van der Waals surface area contributed by atoms with Crippen molar-refractivity contribution in [2.75, 3.05) is 26.2 Å². The van der Waals surface area contributed by atoms with Gasteiger partial charge in [0.05, 0.1) is 5.69 Å². The van der Waals surface area contributed by atoms with Crippen molar-refractivity contribution in [2.24, 2.45) is 0 Å². The molecule has 1 unspecified atom stereocenters. The molecule has 3 heterocycles. The molecule has 2 aromatic heterocycles. The van der Waals surface area contributed by atoms with E-state index in [9.17, 15) is 9.18 Å². The highest BCUT2D eigenvalue weighted by Crippen LogP contribution is 2.31. The Bertz CT molecular complexity index is 993. The third kappa shape index (κ3) is 4.32. The molecule has 0 saturated carbocycles. The number of aromatic nitrogens is 2. The minimum Gasteiger partial charge on any atom is -0.355 e. The maximum absolute atomic E-state index is 14.6. The van der Waals surface area contributed by atoms with E-state index in [-0.39, 0.29) is 18.1 Å². The minimum atomic E-state index is -0.403. The van der Waals surface area contributed by atoms with Crippen molar-refractivity contribution >= 4 is 11.6 Å². The number of nitrogens with one attached hydrogen (secondary N) is 1. The number of imidazole rings is 1. The third-order valence-corrected chi connectivity index (χ3v) is 5.74. The first-order valence-corrected chi connectivity index (χ1v) is 10.3. The molecule has 1 aromatic carbocycles. The lowest BCUT2D eigenvalue weighted by molar-refractivity contribution is -0.121. The van der Waals surface area contributed by atoms with E-state index in [1.54, 1.807) is 18.3 Å². The van der Waals surface area contributed by atoms with E-state index >= 15 is 0 Å². The molecular formula is C23H27FN4O. The summed E-state index contributed by atoms with van der Waals surface area (Å²) in [6.45, 7) is 5.69. The number of carbonyl (C=O) groups excluding carboxylic acids is 1. The molecule has 1 saturated heterocycles. The van der Waals surface area contributed by atoms with Gasteiger partial charge in [0, 0.05) is 37.8 Å². The normalized spacial score (nSPS) is 15.7. The molecule has 3 aromatic rings. The molecule has 1 aliphatic heterocycles. The van der Waals surface area contributed by atoms with E-state index in [4.69, 9.17) is 0 Å². The molecular weight excluding hydrogens is 367 g/mol. The van der Waals surface area contributed by atoms with E-state index in [2.05, 4.69) is 15.2 Å². The average molecular weight is 394 g/mol. The van der Waals surface area contributed by atoms with Gasteiger partial charge in [0.2, 0.25) is 5.91 Å². The smallest absolute Gasteiger partial charge is 0.221 e. The number of hydrogen-bond donors (Lipinski definition) is 1. The molecule has 1 amide bonds. The first-order chi connectivity index (χ1) is 14.1. The van der Waals surface area contributed by atoms with Gasteiger partial charge in [-0.15, -0.1) is 0 Å². The summed E-state index contributed by atoms with van der Waals surface area (Å²) < 4.78 is 16.6. The molecule has 152 valence electrons. The van der Waals surface area contributed by atoms with Gasteiger partial charge in [-0.05, 0) is 56.1 Å². The Hall–Kier alpha value is -2.73. The summed E-state index contributed by atoms with van der Waals surface area (Å²) in [5, 5.41) is 3.02. The van der Waals surface area contributed by atoms with E-state index in [1.165, 1.54) is 18.9 Å². The maximum Gasteiger partial charge on any atom is 0.221 e. The SMILES string of the molecule is Cc1cccn2c(C(CC(=O)NCCN3CCCC3)c3ccccc3F)cnc12. The number of benzene rings is 1. The van der Waals surface area contributed by atoms with Crippen molar-refractivity contribution in [3.8, 4) is 0 Å². The number of carbonyl (C=O) groups is 1. The Morgan fingerprint density at radius 3 is 2.79 bits per heavy atom. The molecule has 1 aliphatic rings. The number of hydrogen-bond acceptors (Lipinski definition) is 3. The van der Waals surface area contributed by atoms with Crippen LogP contribution in [0.1, 0.15) is 42.0 Å². The number of nitrogens with zero attached hydrogens (tertiary/aromatic N) is 3. The lowest BCUT2D eigenvalue weighted by atomic mass is 9.92. The van der Waals surface area contributed by atoms with E-state index in [0.717, 1.165) is 36.5 Å². The predicted octanol–water partition coefficient (Wildman–Crippen LogP) is 3.52. The fraction of sp³-hybridized carbons (Fsp3) is 0.391. The number of rotatable bonds is 7. The van der Waals surface area contributed by atoms with Crippen molar-refractivity contribution in [3.05, 3.63) is 71.4 Å². The van der Waals surface area contributed by atoms with Crippen LogP contribution >= 0.6 is 0 Å². The summed E-state index contributed by atoms with van der Waals surface area (Å²) in [7, 11) is 0. The van der Waals surface area contributed by atoms with Gasteiger partial charge in [-0.1, -0.05) is 24.3 Å². The highest BCUT2D eigenvalue weighted by atomic mass is 19.1. The van der Waals surface area contributed by atoms with Crippen LogP contribution in [0, 0.1) is 12.7 Å². The summed E-state index contributed by atoms with van der Waals surface area (Å²) in [6.07, 6.45) is 6.33. The van der Waals surface area contributed by atoms with Crippen molar-refractivity contribution in [1.82, 2.24) is 19.6 Å². The van der Waals surface area contributed by atoms with Crippen LogP contribution in [-0.2, 0) is 4.79 Å². The highest BCUT2D eigenvalue weighted by Gasteiger charge is 2.24. The van der Waals surface area contributed by atoms with Crippen LogP contribution in [0.3, 0.4) is 0 Å². The first kappa shape index (κ1) is 19.6. The van der Waals surface area contributed by atoms with Gasteiger partial charge in [-0.2, -0.15) is 0 Å². The average Bonchev–Trinajstić information content (AvgIpc) is 3.37. The molecule has 1 fully saturated rings. The lowest BCUT2D eigenvalue weighted by Gasteiger charge is -2.19. The first-order valence-electron chi connectivity index (χ1n) is 10.3. The third-order valence-electron chi connectivity index (χ3n) is 5.74. The van der Waals surface area contributed by atoms with E-state index in [1.807, 2.05) is 35.7 Å². The van der Waals surface area contributed by atoms with Crippen molar-refractivity contribution in [2.45, 2.75) is 32.1 Å². The molecule has 1 N–H and O–H groups in total. The molecule has 0 radical (unpaired) electrons. The molecule has 0 spiro atoms. The maximum atomic E-state index is 14.6. The van der Waals surface area contributed by atoms with Crippen LogP contribution in [0.25, 0.3) is 5.65 Å². The number of pyridine rings is 1.